The zero-order valence-corrected chi connectivity index (χ0v) is 13.5. The van der Waals surface area contributed by atoms with Crippen LogP contribution in [0.4, 0.5) is 5.82 Å². The molecule has 2 fully saturated rings. The first-order chi connectivity index (χ1) is 11.4. The molecule has 2 aromatic rings. The highest BCUT2D eigenvalue weighted by molar-refractivity contribution is 5.75. The fraction of sp³-hybridized carbons (Fsp3) is 0.556. The van der Waals surface area contributed by atoms with Crippen LogP contribution in [-0.4, -0.2) is 60.8 Å². The number of hydrogen-bond donors (Lipinski definition) is 0. The normalized spacial score (nSPS) is 23.3. The van der Waals surface area contributed by atoms with Crippen LogP contribution in [0.15, 0.2) is 30.5 Å². The van der Waals surface area contributed by atoms with E-state index in [0.717, 1.165) is 62.2 Å². The van der Waals surface area contributed by atoms with Crippen molar-refractivity contribution >= 4 is 16.9 Å². The number of ether oxygens (including phenoxy) is 1. The Hall–Kier alpha value is -1.72. The maximum absolute atomic E-state index is 5.45. The van der Waals surface area contributed by atoms with Gasteiger partial charge in [-0.1, -0.05) is 12.1 Å². The Balaban J connectivity index is 1.45. The van der Waals surface area contributed by atoms with Crippen LogP contribution in [0.3, 0.4) is 0 Å². The maximum Gasteiger partial charge on any atom is 0.147 e. The third-order valence-electron chi connectivity index (χ3n) is 4.90. The monoisotopic (exact) mass is 312 g/mol. The lowest BCUT2D eigenvalue weighted by atomic mass is 9.97. The fourth-order valence-corrected chi connectivity index (χ4v) is 3.67. The number of hydrogen-bond acceptors (Lipinski definition) is 5. The lowest BCUT2D eigenvalue weighted by Gasteiger charge is -2.37. The van der Waals surface area contributed by atoms with Gasteiger partial charge >= 0.3 is 0 Å². The van der Waals surface area contributed by atoms with Crippen molar-refractivity contribution in [3.8, 4) is 0 Å². The number of para-hydroxylation sites is 2. The molecule has 5 heteroatoms. The first-order valence-electron chi connectivity index (χ1n) is 8.65. The molecule has 0 N–H and O–H groups in total. The Labute approximate surface area is 137 Å². The molecule has 2 aliphatic heterocycles. The van der Waals surface area contributed by atoms with Crippen molar-refractivity contribution in [1.29, 1.82) is 0 Å². The van der Waals surface area contributed by atoms with Gasteiger partial charge < -0.3 is 9.64 Å². The van der Waals surface area contributed by atoms with Gasteiger partial charge in [0.2, 0.25) is 0 Å². The number of rotatable bonds is 3. The number of piperidine rings is 1. The maximum atomic E-state index is 5.45. The van der Waals surface area contributed by atoms with Gasteiger partial charge in [-0.25, -0.2) is 4.98 Å². The van der Waals surface area contributed by atoms with Crippen molar-refractivity contribution in [1.82, 2.24) is 14.9 Å². The Kier molecular flexibility index (Phi) is 4.39. The van der Waals surface area contributed by atoms with Gasteiger partial charge in [0, 0.05) is 32.7 Å². The second-order valence-electron chi connectivity index (χ2n) is 6.58. The van der Waals surface area contributed by atoms with Crippen LogP contribution < -0.4 is 4.90 Å². The third kappa shape index (κ3) is 3.46. The van der Waals surface area contributed by atoms with E-state index in [-0.39, 0.29) is 0 Å². The van der Waals surface area contributed by atoms with E-state index in [1.54, 1.807) is 0 Å². The molecule has 1 unspecified atom stereocenters. The molecule has 1 aromatic heterocycles. The topological polar surface area (TPSA) is 41.5 Å². The van der Waals surface area contributed by atoms with Gasteiger partial charge in [0.15, 0.2) is 0 Å². The standard InChI is InChI=1S/C18H24N4O/c1-2-6-17-16(5-1)19-12-18(20-17)22-7-3-4-15(14-22)13-21-8-10-23-11-9-21/h1-2,5-6,12,15H,3-4,7-11,13-14H2. The van der Waals surface area contributed by atoms with E-state index in [0.29, 0.717) is 0 Å². The first-order valence-corrected chi connectivity index (χ1v) is 8.65. The van der Waals surface area contributed by atoms with Gasteiger partial charge in [-0.05, 0) is 30.9 Å². The Morgan fingerprint density at radius 2 is 1.91 bits per heavy atom. The average Bonchev–Trinajstić information content (AvgIpc) is 2.62. The number of nitrogens with zero attached hydrogens (tertiary/aromatic N) is 4. The predicted octanol–water partition coefficient (Wildman–Crippen LogP) is 2.18. The zero-order chi connectivity index (χ0) is 15.5. The van der Waals surface area contributed by atoms with Crippen LogP contribution in [0, 0.1) is 5.92 Å². The van der Waals surface area contributed by atoms with E-state index in [4.69, 9.17) is 9.72 Å². The largest absolute Gasteiger partial charge is 0.379 e. The van der Waals surface area contributed by atoms with Gasteiger partial charge in [0.1, 0.15) is 5.82 Å². The van der Waals surface area contributed by atoms with E-state index in [1.807, 2.05) is 30.5 Å². The lowest BCUT2D eigenvalue weighted by Crippen LogP contribution is -2.44. The summed E-state index contributed by atoms with van der Waals surface area (Å²) in [5, 5.41) is 0. The van der Waals surface area contributed by atoms with Crippen LogP contribution in [0.1, 0.15) is 12.8 Å². The Morgan fingerprint density at radius 3 is 2.78 bits per heavy atom. The lowest BCUT2D eigenvalue weighted by molar-refractivity contribution is 0.0296. The van der Waals surface area contributed by atoms with Crippen LogP contribution >= 0.6 is 0 Å². The molecule has 3 heterocycles. The zero-order valence-electron chi connectivity index (χ0n) is 13.5. The summed E-state index contributed by atoms with van der Waals surface area (Å²) in [7, 11) is 0. The highest BCUT2D eigenvalue weighted by Gasteiger charge is 2.24. The summed E-state index contributed by atoms with van der Waals surface area (Å²) in [6, 6.07) is 8.10. The Bertz CT molecular complexity index is 656. The summed E-state index contributed by atoms with van der Waals surface area (Å²) < 4.78 is 5.45. The number of aromatic nitrogens is 2. The molecule has 4 rings (SSSR count). The summed E-state index contributed by atoms with van der Waals surface area (Å²) in [4.78, 5) is 14.3. The van der Waals surface area contributed by atoms with Gasteiger partial charge in [0.25, 0.3) is 0 Å². The van der Waals surface area contributed by atoms with Crippen molar-refractivity contribution in [3.05, 3.63) is 30.5 Å². The highest BCUT2D eigenvalue weighted by atomic mass is 16.5. The van der Waals surface area contributed by atoms with Crippen LogP contribution in [0.25, 0.3) is 11.0 Å². The summed E-state index contributed by atoms with van der Waals surface area (Å²) in [5.41, 5.74) is 1.96. The van der Waals surface area contributed by atoms with E-state index in [1.165, 1.54) is 19.4 Å². The molecule has 23 heavy (non-hydrogen) atoms. The molecule has 2 aliphatic rings. The summed E-state index contributed by atoms with van der Waals surface area (Å²) in [5.74, 6) is 1.74. The van der Waals surface area contributed by atoms with Crippen LogP contribution in [-0.2, 0) is 4.74 Å². The average molecular weight is 312 g/mol. The minimum absolute atomic E-state index is 0.718. The van der Waals surface area contributed by atoms with Gasteiger partial charge in [-0.15, -0.1) is 0 Å². The van der Waals surface area contributed by atoms with E-state index >= 15 is 0 Å². The molecule has 0 bridgehead atoms. The molecule has 0 spiro atoms. The molecule has 0 aliphatic carbocycles. The van der Waals surface area contributed by atoms with Crippen molar-refractivity contribution in [2.24, 2.45) is 5.92 Å². The fourth-order valence-electron chi connectivity index (χ4n) is 3.67. The molecule has 2 saturated heterocycles. The smallest absolute Gasteiger partial charge is 0.147 e. The number of morpholine rings is 1. The first kappa shape index (κ1) is 14.8. The summed E-state index contributed by atoms with van der Waals surface area (Å²) >= 11 is 0. The van der Waals surface area contributed by atoms with Crippen molar-refractivity contribution < 1.29 is 4.74 Å². The molecule has 1 aromatic carbocycles. The summed E-state index contributed by atoms with van der Waals surface area (Å²) in [6.07, 6.45) is 4.48. The SMILES string of the molecule is c1ccc2nc(N3CCCC(CN4CCOCC4)C3)cnc2c1. The molecule has 0 radical (unpaired) electrons. The molecule has 0 amide bonds. The second kappa shape index (κ2) is 6.81. The summed E-state index contributed by atoms with van der Waals surface area (Å²) in [6.45, 7) is 7.27. The Morgan fingerprint density at radius 1 is 1.09 bits per heavy atom. The van der Waals surface area contributed by atoms with Gasteiger partial charge in [-0.3, -0.25) is 9.88 Å². The molecule has 5 nitrogen and oxygen atoms in total. The molecule has 1 atom stereocenters. The predicted molar refractivity (Wildman–Crippen MR) is 91.7 cm³/mol. The molecular formula is C18H24N4O. The van der Waals surface area contributed by atoms with Crippen molar-refractivity contribution in [2.75, 3.05) is 50.8 Å². The van der Waals surface area contributed by atoms with Gasteiger partial charge in [-0.2, -0.15) is 0 Å². The highest BCUT2D eigenvalue weighted by Crippen LogP contribution is 2.23. The van der Waals surface area contributed by atoms with E-state index in [2.05, 4.69) is 14.8 Å². The van der Waals surface area contributed by atoms with E-state index < -0.39 is 0 Å². The van der Waals surface area contributed by atoms with Crippen molar-refractivity contribution in [3.63, 3.8) is 0 Å². The second-order valence-corrected chi connectivity index (χ2v) is 6.58. The third-order valence-corrected chi connectivity index (χ3v) is 4.90. The molecule has 0 saturated carbocycles. The number of fused-ring (bicyclic) bond motifs is 1. The minimum atomic E-state index is 0.718. The van der Waals surface area contributed by atoms with Crippen LogP contribution in [0.2, 0.25) is 0 Å². The van der Waals surface area contributed by atoms with Crippen LogP contribution in [0.5, 0.6) is 0 Å². The van der Waals surface area contributed by atoms with E-state index in [9.17, 15) is 0 Å². The van der Waals surface area contributed by atoms with Crippen molar-refractivity contribution in [2.45, 2.75) is 12.8 Å². The number of anilines is 1. The van der Waals surface area contributed by atoms with Gasteiger partial charge in [0.05, 0.1) is 30.4 Å². The quantitative estimate of drug-likeness (QED) is 0.869. The molecule has 122 valence electrons. The minimum Gasteiger partial charge on any atom is -0.379 e. The number of benzene rings is 1. The molecular weight excluding hydrogens is 288 g/mol.